The molecule has 1 rings (SSSR count). The van der Waals surface area contributed by atoms with Crippen molar-refractivity contribution in [1.82, 2.24) is 9.97 Å². The van der Waals surface area contributed by atoms with E-state index < -0.39 is 11.0 Å². The topological polar surface area (TPSA) is 98.0 Å². The van der Waals surface area contributed by atoms with Gasteiger partial charge in [-0.3, -0.25) is 14.9 Å². The molecule has 17 heavy (non-hydrogen) atoms. The van der Waals surface area contributed by atoms with Crippen LogP contribution in [0.25, 0.3) is 0 Å². The number of Topliss-reactive ketones (excluding diaryl/α,β-unsaturated/α-hetero) is 1. The van der Waals surface area contributed by atoms with Gasteiger partial charge in [0.15, 0.2) is 5.78 Å². The highest BCUT2D eigenvalue weighted by Gasteiger charge is 2.21. The SMILES string of the molecule is CCC(Nc1nc(Cl)ncc1[N+](=O)[O-])C(C)=O. The van der Waals surface area contributed by atoms with Crippen molar-refractivity contribution in [1.29, 1.82) is 0 Å². The molecule has 0 aliphatic carbocycles. The van der Waals surface area contributed by atoms with Gasteiger partial charge in [-0.15, -0.1) is 0 Å². The smallest absolute Gasteiger partial charge is 0.329 e. The predicted molar refractivity (Wildman–Crippen MR) is 62.1 cm³/mol. The van der Waals surface area contributed by atoms with Crippen molar-refractivity contribution in [3.05, 3.63) is 21.6 Å². The van der Waals surface area contributed by atoms with Crippen LogP contribution in [0.1, 0.15) is 20.3 Å². The normalized spacial score (nSPS) is 11.9. The molecular weight excluding hydrogens is 248 g/mol. The lowest BCUT2D eigenvalue weighted by molar-refractivity contribution is -0.384. The first-order valence-electron chi connectivity index (χ1n) is 4.89. The summed E-state index contributed by atoms with van der Waals surface area (Å²) in [6.07, 6.45) is 1.50. The molecule has 0 saturated carbocycles. The monoisotopic (exact) mass is 258 g/mol. The Labute approximate surface area is 102 Å². The van der Waals surface area contributed by atoms with Crippen LogP contribution >= 0.6 is 11.6 Å². The summed E-state index contributed by atoms with van der Waals surface area (Å²) in [6.45, 7) is 3.18. The van der Waals surface area contributed by atoms with Gasteiger partial charge in [0.2, 0.25) is 11.1 Å². The third kappa shape index (κ3) is 3.35. The lowest BCUT2D eigenvalue weighted by Gasteiger charge is -2.13. The molecule has 8 heteroatoms. The van der Waals surface area contributed by atoms with E-state index in [0.717, 1.165) is 6.20 Å². The number of carbonyl (C=O) groups is 1. The van der Waals surface area contributed by atoms with Crippen LogP contribution in [0.4, 0.5) is 11.5 Å². The molecule has 1 atom stereocenters. The highest BCUT2D eigenvalue weighted by Crippen LogP contribution is 2.23. The van der Waals surface area contributed by atoms with Crippen molar-refractivity contribution < 1.29 is 9.72 Å². The number of aromatic nitrogens is 2. The van der Waals surface area contributed by atoms with E-state index >= 15 is 0 Å². The fourth-order valence-electron chi connectivity index (χ4n) is 1.25. The number of carbonyl (C=O) groups excluding carboxylic acids is 1. The summed E-state index contributed by atoms with van der Waals surface area (Å²) >= 11 is 5.56. The van der Waals surface area contributed by atoms with Crippen molar-refractivity contribution in [3.63, 3.8) is 0 Å². The molecule has 0 fully saturated rings. The van der Waals surface area contributed by atoms with E-state index in [9.17, 15) is 14.9 Å². The zero-order valence-corrected chi connectivity index (χ0v) is 10.1. The number of rotatable bonds is 5. The van der Waals surface area contributed by atoms with Gasteiger partial charge in [-0.2, -0.15) is 4.98 Å². The Morgan fingerprint density at radius 1 is 1.71 bits per heavy atom. The molecule has 0 aliphatic heterocycles. The van der Waals surface area contributed by atoms with Crippen LogP contribution in [0, 0.1) is 10.1 Å². The van der Waals surface area contributed by atoms with E-state index in [1.807, 2.05) is 0 Å². The minimum absolute atomic E-state index is 0.0444. The number of hydrogen-bond acceptors (Lipinski definition) is 6. The van der Waals surface area contributed by atoms with Gasteiger partial charge < -0.3 is 5.32 Å². The van der Waals surface area contributed by atoms with Crippen molar-refractivity contribution in [2.75, 3.05) is 5.32 Å². The Kier molecular flexibility index (Phi) is 4.33. The fraction of sp³-hybridized carbons (Fsp3) is 0.444. The number of halogens is 1. The van der Waals surface area contributed by atoms with Gasteiger partial charge in [0.25, 0.3) is 0 Å². The zero-order valence-electron chi connectivity index (χ0n) is 9.31. The van der Waals surface area contributed by atoms with E-state index in [1.54, 1.807) is 6.92 Å². The largest absolute Gasteiger partial charge is 0.354 e. The quantitative estimate of drug-likeness (QED) is 0.491. The summed E-state index contributed by atoms with van der Waals surface area (Å²) in [4.78, 5) is 28.6. The van der Waals surface area contributed by atoms with Crippen molar-refractivity contribution in [2.45, 2.75) is 26.3 Å². The molecule has 1 N–H and O–H groups in total. The van der Waals surface area contributed by atoms with Gasteiger partial charge in [-0.25, -0.2) is 4.98 Å². The maximum absolute atomic E-state index is 11.2. The van der Waals surface area contributed by atoms with E-state index in [0.29, 0.717) is 6.42 Å². The highest BCUT2D eigenvalue weighted by atomic mass is 35.5. The second-order valence-corrected chi connectivity index (χ2v) is 3.68. The predicted octanol–water partition coefficient (Wildman–Crippen LogP) is 1.82. The molecule has 0 radical (unpaired) electrons. The van der Waals surface area contributed by atoms with E-state index in [1.165, 1.54) is 6.92 Å². The number of nitro groups is 1. The first-order valence-corrected chi connectivity index (χ1v) is 5.27. The lowest BCUT2D eigenvalue weighted by atomic mass is 10.1. The summed E-state index contributed by atoms with van der Waals surface area (Å²) in [5, 5.41) is 13.3. The lowest BCUT2D eigenvalue weighted by Crippen LogP contribution is -2.27. The number of anilines is 1. The first-order chi connectivity index (χ1) is 7.95. The van der Waals surface area contributed by atoms with Crippen molar-refractivity contribution >= 4 is 28.9 Å². The Hall–Kier alpha value is -1.76. The van der Waals surface area contributed by atoms with Crippen LogP contribution < -0.4 is 5.32 Å². The number of nitrogens with zero attached hydrogens (tertiary/aromatic N) is 3. The van der Waals surface area contributed by atoms with Crippen LogP contribution in [0.5, 0.6) is 0 Å². The molecule has 1 unspecified atom stereocenters. The minimum atomic E-state index is -0.633. The Morgan fingerprint density at radius 2 is 2.35 bits per heavy atom. The highest BCUT2D eigenvalue weighted by molar-refractivity contribution is 6.28. The molecular formula is C9H11ClN4O3. The van der Waals surface area contributed by atoms with Crippen LogP contribution in [0.3, 0.4) is 0 Å². The van der Waals surface area contributed by atoms with E-state index in [4.69, 9.17) is 11.6 Å². The maximum Gasteiger partial charge on any atom is 0.329 e. The third-order valence-electron chi connectivity index (χ3n) is 2.15. The summed E-state index contributed by atoms with van der Waals surface area (Å²) in [5.74, 6) is -0.173. The molecule has 7 nitrogen and oxygen atoms in total. The Bertz CT molecular complexity index is 452. The van der Waals surface area contributed by atoms with Crippen LogP contribution in [-0.4, -0.2) is 26.7 Å². The molecule has 0 spiro atoms. The third-order valence-corrected chi connectivity index (χ3v) is 2.33. The number of nitrogens with one attached hydrogen (secondary N) is 1. The average Bonchev–Trinajstić information content (AvgIpc) is 2.25. The van der Waals surface area contributed by atoms with Crippen LogP contribution in [0.15, 0.2) is 6.20 Å². The molecule has 0 amide bonds. The molecule has 0 bridgehead atoms. The molecule has 1 aromatic rings. The average molecular weight is 259 g/mol. The second-order valence-electron chi connectivity index (χ2n) is 3.35. The van der Waals surface area contributed by atoms with E-state index in [-0.39, 0.29) is 22.6 Å². The van der Waals surface area contributed by atoms with Crippen LogP contribution in [0.2, 0.25) is 5.28 Å². The van der Waals surface area contributed by atoms with Crippen molar-refractivity contribution in [3.8, 4) is 0 Å². The first kappa shape index (κ1) is 13.3. The summed E-state index contributed by atoms with van der Waals surface area (Å²) in [7, 11) is 0. The Morgan fingerprint density at radius 3 is 2.82 bits per heavy atom. The van der Waals surface area contributed by atoms with Gasteiger partial charge in [0.1, 0.15) is 6.20 Å². The summed E-state index contributed by atoms with van der Waals surface area (Å²) < 4.78 is 0. The van der Waals surface area contributed by atoms with Gasteiger partial charge in [-0.1, -0.05) is 6.92 Å². The van der Waals surface area contributed by atoms with Gasteiger partial charge in [-0.05, 0) is 24.9 Å². The maximum atomic E-state index is 11.2. The fourth-order valence-corrected chi connectivity index (χ4v) is 1.38. The summed E-state index contributed by atoms with van der Waals surface area (Å²) in [6, 6.07) is -0.528. The van der Waals surface area contributed by atoms with E-state index in [2.05, 4.69) is 15.3 Å². The molecule has 0 aromatic carbocycles. The molecule has 0 saturated heterocycles. The summed E-state index contributed by atoms with van der Waals surface area (Å²) in [5.41, 5.74) is -0.311. The second kappa shape index (κ2) is 5.53. The number of hydrogen-bond donors (Lipinski definition) is 1. The number of ketones is 1. The molecule has 1 aromatic heterocycles. The molecule has 92 valence electrons. The van der Waals surface area contributed by atoms with Gasteiger partial charge in [0.05, 0.1) is 11.0 Å². The minimum Gasteiger partial charge on any atom is -0.354 e. The standard InChI is InChI=1S/C9H11ClN4O3/c1-3-6(5(2)15)12-8-7(14(16)17)4-11-9(10)13-8/h4,6H,3H2,1-2H3,(H,11,12,13). The Balaban J connectivity index is 3.07. The zero-order chi connectivity index (χ0) is 13.0. The molecule has 1 heterocycles. The van der Waals surface area contributed by atoms with Crippen LogP contribution in [-0.2, 0) is 4.79 Å². The van der Waals surface area contributed by atoms with Gasteiger partial charge >= 0.3 is 5.69 Å². The molecule has 0 aliphatic rings. The van der Waals surface area contributed by atoms with Crippen molar-refractivity contribution in [2.24, 2.45) is 0 Å². The van der Waals surface area contributed by atoms with Gasteiger partial charge in [0, 0.05) is 0 Å².